The standard InChI is InChI=1S/C26H15Cl5F3NO2/c1-11(32)21-19(33)5-2-12(24(21)34)8-20(36)17-10-16(3-4-18(17)29)35-25(37)23-22(26(23,30)31)13-6-14(27)9-15(28)7-13/h2-7,9-10,22-23H,1,8H2,(H,35,37). The summed E-state index contributed by atoms with van der Waals surface area (Å²) >= 11 is 31.0. The summed E-state index contributed by atoms with van der Waals surface area (Å²) in [6.45, 7) is 2.92. The highest BCUT2D eigenvalue weighted by Crippen LogP contribution is 2.65. The maximum Gasteiger partial charge on any atom is 0.231 e. The van der Waals surface area contributed by atoms with Gasteiger partial charge in [0.15, 0.2) is 5.78 Å². The van der Waals surface area contributed by atoms with Crippen LogP contribution in [0.3, 0.4) is 0 Å². The van der Waals surface area contributed by atoms with Crippen molar-refractivity contribution in [3.8, 4) is 0 Å². The summed E-state index contributed by atoms with van der Waals surface area (Å²) in [5.74, 6) is -6.28. The molecule has 0 aromatic heterocycles. The lowest BCUT2D eigenvalue weighted by molar-refractivity contribution is -0.117. The minimum Gasteiger partial charge on any atom is -0.326 e. The SMILES string of the molecule is C=C(F)c1c(F)ccc(CC(=O)c2cc(NC(=O)C3C(c4cc(Cl)cc(Cl)c4)C3(Cl)Cl)ccc2Cl)c1F. The first kappa shape index (κ1) is 27.8. The Balaban J connectivity index is 1.54. The molecule has 4 rings (SSSR count). The van der Waals surface area contributed by atoms with Crippen LogP contribution in [-0.2, 0) is 11.2 Å². The number of halogens is 8. The minimum atomic E-state index is -1.42. The van der Waals surface area contributed by atoms with Gasteiger partial charge >= 0.3 is 0 Å². The molecule has 3 aromatic carbocycles. The smallest absolute Gasteiger partial charge is 0.231 e. The van der Waals surface area contributed by atoms with Gasteiger partial charge in [0.1, 0.15) is 21.8 Å². The molecule has 1 aliphatic carbocycles. The highest BCUT2D eigenvalue weighted by atomic mass is 35.5. The number of ketones is 1. The number of carbonyl (C=O) groups is 2. The topological polar surface area (TPSA) is 46.2 Å². The molecule has 1 amide bonds. The zero-order chi connectivity index (χ0) is 27.2. The lowest BCUT2D eigenvalue weighted by atomic mass is 9.99. The van der Waals surface area contributed by atoms with Gasteiger partial charge in [-0.05, 0) is 53.6 Å². The highest BCUT2D eigenvalue weighted by Gasteiger charge is 2.67. The van der Waals surface area contributed by atoms with Crippen LogP contribution in [0.1, 0.15) is 33.0 Å². The first-order valence-corrected chi connectivity index (χ1v) is 12.5. The van der Waals surface area contributed by atoms with Gasteiger partial charge in [-0.3, -0.25) is 9.59 Å². The van der Waals surface area contributed by atoms with E-state index in [4.69, 9.17) is 58.0 Å². The van der Waals surface area contributed by atoms with Gasteiger partial charge in [0.05, 0.1) is 16.5 Å². The van der Waals surface area contributed by atoms with Crippen LogP contribution in [0.15, 0.2) is 55.1 Å². The number of Topliss-reactive ketones (excluding diaryl/α,β-unsaturated/α-hetero) is 1. The van der Waals surface area contributed by atoms with Gasteiger partial charge in [-0.25, -0.2) is 13.2 Å². The average Bonchev–Trinajstić information content (AvgIpc) is 3.38. The first-order chi connectivity index (χ1) is 17.3. The fourth-order valence-electron chi connectivity index (χ4n) is 4.11. The Labute approximate surface area is 235 Å². The molecule has 192 valence electrons. The van der Waals surface area contributed by atoms with E-state index in [0.717, 1.165) is 12.1 Å². The molecule has 11 heteroatoms. The Hall–Kier alpha value is -2.22. The summed E-state index contributed by atoms with van der Waals surface area (Å²) in [6.07, 6.45) is -0.545. The van der Waals surface area contributed by atoms with Crippen molar-refractivity contribution in [3.05, 3.63) is 104 Å². The number of hydrogen-bond acceptors (Lipinski definition) is 2. The fraction of sp³-hybridized carbons (Fsp3) is 0.154. The van der Waals surface area contributed by atoms with Gasteiger partial charge in [-0.15, -0.1) is 23.2 Å². The van der Waals surface area contributed by atoms with Crippen LogP contribution >= 0.6 is 58.0 Å². The van der Waals surface area contributed by atoms with E-state index < -0.39 is 57.3 Å². The molecule has 0 heterocycles. The zero-order valence-electron chi connectivity index (χ0n) is 18.5. The molecule has 3 nitrogen and oxygen atoms in total. The van der Waals surface area contributed by atoms with Crippen LogP contribution in [0.4, 0.5) is 18.9 Å². The molecule has 0 radical (unpaired) electrons. The largest absolute Gasteiger partial charge is 0.326 e. The molecular formula is C26H15Cl5F3NO2. The van der Waals surface area contributed by atoms with Crippen molar-refractivity contribution in [1.82, 2.24) is 0 Å². The monoisotopic (exact) mass is 605 g/mol. The third kappa shape index (κ3) is 5.64. The second-order valence-corrected chi connectivity index (χ2v) is 11.1. The van der Waals surface area contributed by atoms with Crippen LogP contribution in [0, 0.1) is 17.6 Å². The number of nitrogens with one attached hydrogen (secondary N) is 1. The quantitative estimate of drug-likeness (QED) is 0.216. The van der Waals surface area contributed by atoms with Crippen molar-refractivity contribution < 1.29 is 22.8 Å². The van der Waals surface area contributed by atoms with Gasteiger partial charge in [0, 0.05) is 33.6 Å². The number of benzene rings is 3. The molecule has 1 fully saturated rings. The average molecular weight is 608 g/mol. The first-order valence-electron chi connectivity index (χ1n) is 10.6. The maximum atomic E-state index is 14.6. The second-order valence-electron chi connectivity index (χ2n) is 8.42. The molecule has 1 N–H and O–H groups in total. The van der Waals surface area contributed by atoms with Crippen molar-refractivity contribution in [2.45, 2.75) is 16.7 Å². The Morgan fingerprint density at radius 1 is 0.973 bits per heavy atom. The highest BCUT2D eigenvalue weighted by molar-refractivity contribution is 6.53. The van der Waals surface area contributed by atoms with Crippen LogP contribution < -0.4 is 5.32 Å². The van der Waals surface area contributed by atoms with Gasteiger partial charge in [0.25, 0.3) is 0 Å². The summed E-state index contributed by atoms with van der Waals surface area (Å²) in [5, 5.41) is 3.40. The summed E-state index contributed by atoms with van der Waals surface area (Å²) in [6, 6.07) is 10.8. The van der Waals surface area contributed by atoms with E-state index in [2.05, 4.69) is 11.9 Å². The van der Waals surface area contributed by atoms with E-state index in [1.165, 1.54) is 24.3 Å². The van der Waals surface area contributed by atoms with E-state index in [1.54, 1.807) is 12.1 Å². The third-order valence-electron chi connectivity index (χ3n) is 5.91. The van der Waals surface area contributed by atoms with Crippen molar-refractivity contribution in [3.63, 3.8) is 0 Å². The second kappa shape index (κ2) is 10.5. The molecule has 37 heavy (non-hydrogen) atoms. The fourth-order valence-corrected chi connectivity index (χ4v) is 5.70. The molecule has 2 unspecified atom stereocenters. The molecule has 1 aliphatic rings. The molecule has 0 bridgehead atoms. The van der Waals surface area contributed by atoms with Crippen LogP contribution in [0.2, 0.25) is 15.1 Å². The summed E-state index contributed by atoms with van der Waals surface area (Å²) in [5.41, 5.74) is -0.440. The van der Waals surface area contributed by atoms with Gasteiger partial charge in [0.2, 0.25) is 5.91 Å². The summed E-state index contributed by atoms with van der Waals surface area (Å²) in [7, 11) is 0. The summed E-state index contributed by atoms with van der Waals surface area (Å²) in [4.78, 5) is 25.9. The maximum absolute atomic E-state index is 14.6. The van der Waals surface area contributed by atoms with E-state index in [0.29, 0.717) is 15.6 Å². The molecule has 1 saturated carbocycles. The molecule has 0 spiro atoms. The van der Waals surface area contributed by atoms with Crippen molar-refractivity contribution in [1.29, 1.82) is 0 Å². The van der Waals surface area contributed by atoms with E-state index in [1.807, 2.05) is 0 Å². The Kier molecular flexibility index (Phi) is 7.89. The summed E-state index contributed by atoms with van der Waals surface area (Å²) < 4.78 is 40.4. The normalized spacial score (nSPS) is 17.8. The van der Waals surface area contributed by atoms with Crippen molar-refractivity contribution in [2.24, 2.45) is 5.92 Å². The lowest BCUT2D eigenvalue weighted by Gasteiger charge is -2.11. The van der Waals surface area contributed by atoms with E-state index in [9.17, 15) is 22.8 Å². The number of hydrogen-bond donors (Lipinski definition) is 1. The van der Waals surface area contributed by atoms with Gasteiger partial charge in [-0.2, -0.15) is 0 Å². The predicted octanol–water partition coefficient (Wildman–Crippen LogP) is 8.82. The molecule has 3 aromatic rings. The van der Waals surface area contributed by atoms with E-state index in [-0.39, 0.29) is 21.8 Å². The number of amides is 1. The van der Waals surface area contributed by atoms with Gasteiger partial charge < -0.3 is 5.32 Å². The van der Waals surface area contributed by atoms with E-state index >= 15 is 0 Å². The van der Waals surface area contributed by atoms with Gasteiger partial charge in [-0.1, -0.05) is 47.4 Å². The minimum absolute atomic E-state index is 0.0301. The number of alkyl halides is 2. The van der Waals surface area contributed by atoms with Crippen molar-refractivity contribution in [2.75, 3.05) is 5.32 Å². The lowest BCUT2D eigenvalue weighted by Crippen LogP contribution is -2.17. The number of anilines is 1. The predicted molar refractivity (Wildman–Crippen MR) is 142 cm³/mol. The number of carbonyl (C=O) groups excluding carboxylic acids is 2. The van der Waals surface area contributed by atoms with Crippen LogP contribution in [0.5, 0.6) is 0 Å². The third-order valence-corrected chi connectivity index (χ3v) is 7.61. The zero-order valence-corrected chi connectivity index (χ0v) is 22.3. The Morgan fingerprint density at radius 3 is 2.24 bits per heavy atom. The Bertz CT molecular complexity index is 1440. The molecular weight excluding hydrogens is 593 g/mol. The number of rotatable bonds is 7. The molecule has 2 atom stereocenters. The van der Waals surface area contributed by atoms with Crippen LogP contribution in [0.25, 0.3) is 5.83 Å². The van der Waals surface area contributed by atoms with Crippen LogP contribution in [-0.4, -0.2) is 16.0 Å². The molecule has 0 aliphatic heterocycles. The molecule has 0 saturated heterocycles. The Morgan fingerprint density at radius 2 is 1.62 bits per heavy atom. The van der Waals surface area contributed by atoms with Crippen molar-refractivity contribution >= 4 is 81.2 Å².